The monoisotopic (exact) mass is 216 g/mol. The minimum absolute atomic E-state index is 0.0421. The van der Waals surface area contributed by atoms with Crippen LogP contribution in [0.3, 0.4) is 0 Å². The van der Waals surface area contributed by atoms with Crippen molar-refractivity contribution in [2.24, 2.45) is 11.3 Å². The first kappa shape index (κ1) is 11.4. The first-order valence-corrected chi connectivity index (χ1v) is 6.15. The predicted octanol–water partition coefficient (Wildman–Crippen LogP) is 3.87. The third-order valence-electron chi connectivity index (χ3n) is 3.41. The highest BCUT2D eigenvalue weighted by Crippen LogP contribution is 2.47. The van der Waals surface area contributed by atoms with E-state index in [9.17, 15) is 4.79 Å². The van der Waals surface area contributed by atoms with Crippen LogP contribution in [0.5, 0.6) is 0 Å². The lowest BCUT2D eigenvalue weighted by atomic mass is 9.94. The van der Waals surface area contributed by atoms with Crippen LogP contribution in [0.15, 0.2) is 24.3 Å². The number of hydrogen-bond acceptors (Lipinski definition) is 1. The molecule has 0 radical (unpaired) electrons. The highest BCUT2D eigenvalue weighted by Gasteiger charge is 2.44. The minimum atomic E-state index is -0.0421. The van der Waals surface area contributed by atoms with E-state index in [4.69, 9.17) is 0 Å². The Hall–Kier alpha value is -1.11. The molecule has 0 aliphatic heterocycles. The summed E-state index contributed by atoms with van der Waals surface area (Å²) in [7, 11) is 0. The highest BCUT2D eigenvalue weighted by molar-refractivity contribution is 6.01. The van der Waals surface area contributed by atoms with Gasteiger partial charge in [0.2, 0.25) is 0 Å². The largest absolute Gasteiger partial charge is 0.294 e. The van der Waals surface area contributed by atoms with Gasteiger partial charge in [0, 0.05) is 11.0 Å². The van der Waals surface area contributed by atoms with Crippen LogP contribution in [0.1, 0.15) is 49.5 Å². The van der Waals surface area contributed by atoms with Crippen LogP contribution in [0.2, 0.25) is 0 Å². The molecule has 0 spiro atoms. The topological polar surface area (TPSA) is 17.1 Å². The van der Waals surface area contributed by atoms with E-state index in [1.54, 1.807) is 0 Å². The molecule has 0 bridgehead atoms. The van der Waals surface area contributed by atoms with Crippen molar-refractivity contribution in [1.82, 2.24) is 0 Å². The number of rotatable bonds is 4. The first-order valence-electron chi connectivity index (χ1n) is 6.15. The summed E-state index contributed by atoms with van der Waals surface area (Å²) in [5, 5.41) is 0. The Balaban J connectivity index is 2.10. The molecule has 2 rings (SSSR count). The molecule has 0 unspecified atom stereocenters. The molecule has 1 nitrogen and oxygen atoms in total. The molecular formula is C15H20O. The second-order valence-electron chi connectivity index (χ2n) is 5.68. The summed E-state index contributed by atoms with van der Waals surface area (Å²) in [5.74, 6) is 0.992. The van der Waals surface area contributed by atoms with Crippen LogP contribution in [-0.4, -0.2) is 5.78 Å². The van der Waals surface area contributed by atoms with Gasteiger partial charge in [-0.05, 0) is 30.7 Å². The third-order valence-corrected chi connectivity index (χ3v) is 3.41. The lowest BCUT2D eigenvalue weighted by molar-refractivity contribution is 0.0912. The minimum Gasteiger partial charge on any atom is -0.294 e. The van der Waals surface area contributed by atoms with Crippen LogP contribution in [-0.2, 0) is 6.42 Å². The maximum Gasteiger partial charge on any atom is 0.168 e. The molecule has 1 fully saturated rings. The molecule has 1 heteroatoms. The second-order valence-corrected chi connectivity index (χ2v) is 5.68. The van der Waals surface area contributed by atoms with Crippen LogP contribution >= 0.6 is 0 Å². The molecule has 1 aromatic carbocycles. The van der Waals surface area contributed by atoms with Crippen LogP contribution < -0.4 is 0 Å². The molecule has 0 aromatic heterocycles. The van der Waals surface area contributed by atoms with Crippen molar-refractivity contribution < 1.29 is 4.79 Å². The van der Waals surface area contributed by atoms with Crippen LogP contribution in [0, 0.1) is 11.3 Å². The lowest BCUT2D eigenvalue weighted by Gasteiger charge is -2.09. The molecule has 16 heavy (non-hydrogen) atoms. The van der Waals surface area contributed by atoms with E-state index in [0.717, 1.165) is 24.8 Å². The van der Waals surface area contributed by atoms with Gasteiger partial charge in [0.1, 0.15) is 0 Å². The molecule has 0 saturated heterocycles. The second kappa shape index (κ2) is 4.04. The summed E-state index contributed by atoms with van der Waals surface area (Å²) in [5.41, 5.74) is 2.17. The molecule has 0 amide bonds. The Labute approximate surface area is 97.9 Å². The lowest BCUT2D eigenvalue weighted by Crippen LogP contribution is -2.11. The van der Waals surface area contributed by atoms with E-state index in [1.165, 1.54) is 5.56 Å². The predicted molar refractivity (Wildman–Crippen MR) is 66.7 cm³/mol. The summed E-state index contributed by atoms with van der Waals surface area (Å²) in [6, 6.07) is 8.17. The Morgan fingerprint density at radius 2 is 1.81 bits per heavy atom. The molecule has 1 saturated carbocycles. The average Bonchev–Trinajstić information content (AvgIpc) is 2.97. The quantitative estimate of drug-likeness (QED) is 0.698. The van der Waals surface area contributed by atoms with Gasteiger partial charge in [-0.3, -0.25) is 4.79 Å². The number of ketones is 1. The third kappa shape index (κ3) is 2.34. The Morgan fingerprint density at radius 1 is 1.25 bits per heavy atom. The summed E-state index contributed by atoms with van der Waals surface area (Å²) < 4.78 is 0. The molecule has 1 aromatic rings. The summed E-state index contributed by atoms with van der Waals surface area (Å²) in [4.78, 5) is 12.1. The fourth-order valence-corrected chi connectivity index (χ4v) is 2.03. The van der Waals surface area contributed by atoms with Gasteiger partial charge in [0.25, 0.3) is 0 Å². The van der Waals surface area contributed by atoms with Gasteiger partial charge < -0.3 is 0 Å². The number of Topliss-reactive ketones (excluding diaryl/α,β-unsaturated/α-hetero) is 1. The molecule has 1 aliphatic carbocycles. The van der Waals surface area contributed by atoms with Crippen molar-refractivity contribution in [1.29, 1.82) is 0 Å². The van der Waals surface area contributed by atoms with Gasteiger partial charge in [0.15, 0.2) is 5.78 Å². The van der Waals surface area contributed by atoms with E-state index in [2.05, 4.69) is 32.9 Å². The summed E-state index contributed by atoms with van der Waals surface area (Å²) in [6.45, 7) is 6.49. The number of hydrogen-bond donors (Lipinski definition) is 0. The SMILES string of the molecule is CC(C)Cc1ccc(C(=O)C2(C)CC2)cc1. The van der Waals surface area contributed by atoms with Gasteiger partial charge in [0.05, 0.1) is 0 Å². The van der Waals surface area contributed by atoms with Gasteiger partial charge in [-0.1, -0.05) is 45.0 Å². The van der Waals surface area contributed by atoms with E-state index in [-0.39, 0.29) is 5.41 Å². The van der Waals surface area contributed by atoms with Crippen molar-refractivity contribution in [2.75, 3.05) is 0 Å². The molecule has 1 aliphatic rings. The molecule has 86 valence electrons. The van der Waals surface area contributed by atoms with Crippen molar-refractivity contribution in [3.8, 4) is 0 Å². The fraction of sp³-hybridized carbons (Fsp3) is 0.533. The molecule has 0 atom stereocenters. The van der Waals surface area contributed by atoms with E-state index in [0.29, 0.717) is 11.7 Å². The van der Waals surface area contributed by atoms with Crippen molar-refractivity contribution in [3.05, 3.63) is 35.4 Å². The number of benzene rings is 1. The Morgan fingerprint density at radius 3 is 2.25 bits per heavy atom. The average molecular weight is 216 g/mol. The maximum absolute atomic E-state index is 12.1. The van der Waals surface area contributed by atoms with E-state index >= 15 is 0 Å². The normalized spacial score (nSPS) is 17.5. The van der Waals surface area contributed by atoms with Crippen LogP contribution in [0.4, 0.5) is 0 Å². The van der Waals surface area contributed by atoms with Gasteiger partial charge in [-0.2, -0.15) is 0 Å². The van der Waals surface area contributed by atoms with Crippen LogP contribution in [0.25, 0.3) is 0 Å². The van der Waals surface area contributed by atoms with Crippen molar-refractivity contribution in [3.63, 3.8) is 0 Å². The van der Waals surface area contributed by atoms with E-state index in [1.807, 2.05) is 12.1 Å². The van der Waals surface area contributed by atoms with Crippen molar-refractivity contribution in [2.45, 2.75) is 40.0 Å². The fourth-order valence-electron chi connectivity index (χ4n) is 2.03. The zero-order valence-electron chi connectivity index (χ0n) is 10.4. The maximum atomic E-state index is 12.1. The standard InChI is InChI=1S/C15H20O/c1-11(2)10-12-4-6-13(7-5-12)14(16)15(3)8-9-15/h4-7,11H,8-10H2,1-3H3. The zero-order valence-corrected chi connectivity index (χ0v) is 10.4. The Kier molecular flexibility index (Phi) is 2.88. The molecular weight excluding hydrogens is 196 g/mol. The van der Waals surface area contributed by atoms with Gasteiger partial charge in [-0.15, -0.1) is 0 Å². The summed E-state index contributed by atoms with van der Waals surface area (Å²) >= 11 is 0. The zero-order chi connectivity index (χ0) is 11.8. The molecule has 0 N–H and O–H groups in total. The van der Waals surface area contributed by atoms with Crippen molar-refractivity contribution >= 4 is 5.78 Å². The first-order chi connectivity index (χ1) is 7.51. The molecule has 0 heterocycles. The highest BCUT2D eigenvalue weighted by atomic mass is 16.1. The number of carbonyl (C=O) groups is 1. The summed E-state index contributed by atoms with van der Waals surface area (Å²) in [6.07, 6.45) is 3.20. The smallest absolute Gasteiger partial charge is 0.168 e. The van der Waals surface area contributed by atoms with Gasteiger partial charge in [-0.25, -0.2) is 0 Å². The number of carbonyl (C=O) groups excluding carboxylic acids is 1. The van der Waals surface area contributed by atoms with Gasteiger partial charge >= 0.3 is 0 Å². The van der Waals surface area contributed by atoms with E-state index < -0.39 is 0 Å². The Bertz CT molecular complexity index is 382.